The third-order valence-corrected chi connectivity index (χ3v) is 7.22. The molecule has 1 unspecified atom stereocenters. The van der Waals surface area contributed by atoms with Gasteiger partial charge >= 0.3 is 0 Å². The average Bonchev–Trinajstić information content (AvgIpc) is 3.05. The number of carbonyl (C=O) groups is 1. The minimum Gasteiger partial charge on any atom is -0.461 e. The highest BCUT2D eigenvalue weighted by Crippen LogP contribution is 2.30. The Kier molecular flexibility index (Phi) is 5.40. The summed E-state index contributed by atoms with van der Waals surface area (Å²) in [6, 6.07) is 4.78. The summed E-state index contributed by atoms with van der Waals surface area (Å²) in [5.41, 5.74) is 1.62. The van der Waals surface area contributed by atoms with E-state index < -0.39 is 27.6 Å². The van der Waals surface area contributed by atoms with Crippen molar-refractivity contribution in [3.8, 4) is 17.1 Å². The molecule has 0 aromatic carbocycles. The van der Waals surface area contributed by atoms with E-state index in [0.717, 1.165) is 0 Å². The van der Waals surface area contributed by atoms with Crippen LogP contribution >= 0.6 is 0 Å². The van der Waals surface area contributed by atoms with Crippen molar-refractivity contribution in [2.45, 2.75) is 45.6 Å². The molecule has 0 saturated carbocycles. The van der Waals surface area contributed by atoms with Gasteiger partial charge in [0.25, 0.3) is 5.91 Å². The molecule has 1 atom stereocenters. The quantitative estimate of drug-likeness (QED) is 0.600. The number of rotatable bonds is 6. The summed E-state index contributed by atoms with van der Waals surface area (Å²) in [6.07, 6.45) is 1.46. The summed E-state index contributed by atoms with van der Waals surface area (Å²) >= 11 is 0. The molecular formula is C21H24FN5O4S. The Bertz CT molecular complexity index is 1290. The largest absolute Gasteiger partial charge is 0.461 e. The predicted molar refractivity (Wildman–Crippen MR) is 117 cm³/mol. The molecule has 0 spiro atoms. The summed E-state index contributed by atoms with van der Waals surface area (Å²) < 4.78 is 43.1. The zero-order valence-electron chi connectivity index (χ0n) is 18.2. The number of fused-ring (bicyclic) bond motifs is 1. The number of amides is 1. The molecule has 1 fully saturated rings. The minimum absolute atomic E-state index is 0.0362. The van der Waals surface area contributed by atoms with Gasteiger partial charge in [-0.3, -0.25) is 19.4 Å². The second-order valence-electron chi connectivity index (χ2n) is 8.56. The van der Waals surface area contributed by atoms with Gasteiger partial charge in [-0.1, -0.05) is 0 Å². The van der Waals surface area contributed by atoms with Crippen molar-refractivity contribution in [2.75, 3.05) is 11.5 Å². The third-order valence-electron chi connectivity index (χ3n) is 5.06. The van der Waals surface area contributed by atoms with E-state index in [4.69, 9.17) is 4.74 Å². The highest BCUT2D eigenvalue weighted by molar-refractivity contribution is 7.93. The number of nitrogens with zero attached hydrogens (tertiary/aromatic N) is 4. The molecule has 0 radical (unpaired) electrons. The molecule has 1 saturated heterocycles. The van der Waals surface area contributed by atoms with Crippen LogP contribution in [0.2, 0.25) is 0 Å². The van der Waals surface area contributed by atoms with Crippen LogP contribution in [0.25, 0.3) is 22.4 Å². The molecule has 11 heteroatoms. The van der Waals surface area contributed by atoms with Crippen molar-refractivity contribution in [3.05, 3.63) is 36.2 Å². The van der Waals surface area contributed by atoms with E-state index in [1.165, 1.54) is 19.3 Å². The number of hydrogen-bond acceptors (Lipinski definition) is 7. The topological polar surface area (TPSA) is 116 Å². The number of alkyl halides is 1. The molecule has 170 valence electrons. The zero-order valence-corrected chi connectivity index (χ0v) is 19.0. The molecule has 0 bridgehead atoms. The summed E-state index contributed by atoms with van der Waals surface area (Å²) in [4.78, 5) is 21.6. The standard InChI is InChI=1S/C21H24FN5O4S/c1-12(2)27-17-7-14(20(28)25-21(4)10-32(29,30)11-21)9-24-19(17)18(26-27)16-8-15(5-6-23-16)31-13(3)22/h5-9,12-13H,10-11H2,1-4H3,(H,25,28). The molecule has 3 aromatic heterocycles. The number of ether oxygens (including phenoxy) is 1. The molecule has 1 amide bonds. The number of halogens is 1. The van der Waals surface area contributed by atoms with Gasteiger partial charge in [0.15, 0.2) is 9.84 Å². The lowest BCUT2D eigenvalue weighted by atomic mass is 10.1. The van der Waals surface area contributed by atoms with Crippen LogP contribution in [0, 0.1) is 0 Å². The van der Waals surface area contributed by atoms with Gasteiger partial charge in [0.1, 0.15) is 17.0 Å². The van der Waals surface area contributed by atoms with E-state index in [9.17, 15) is 17.6 Å². The molecule has 1 aliphatic rings. The van der Waals surface area contributed by atoms with Gasteiger partial charge in [0, 0.05) is 31.4 Å². The fourth-order valence-electron chi connectivity index (χ4n) is 3.86. The van der Waals surface area contributed by atoms with Crippen LogP contribution in [-0.2, 0) is 9.84 Å². The second kappa shape index (κ2) is 7.80. The van der Waals surface area contributed by atoms with Gasteiger partial charge in [-0.25, -0.2) is 12.8 Å². The first-order valence-corrected chi connectivity index (χ1v) is 12.0. The normalized spacial score (nSPS) is 17.7. The Morgan fingerprint density at radius 3 is 2.59 bits per heavy atom. The van der Waals surface area contributed by atoms with E-state index in [-0.39, 0.29) is 17.5 Å². The lowest BCUT2D eigenvalue weighted by Gasteiger charge is -2.38. The Morgan fingerprint density at radius 1 is 1.25 bits per heavy atom. The van der Waals surface area contributed by atoms with Crippen LogP contribution in [0.4, 0.5) is 4.39 Å². The Balaban J connectivity index is 1.71. The molecule has 1 aliphatic heterocycles. The summed E-state index contributed by atoms with van der Waals surface area (Å²) in [5.74, 6) is -0.258. The molecule has 0 aliphatic carbocycles. The number of pyridine rings is 2. The molecular weight excluding hydrogens is 437 g/mol. The summed E-state index contributed by atoms with van der Waals surface area (Å²) in [5, 5.41) is 7.42. The van der Waals surface area contributed by atoms with E-state index in [0.29, 0.717) is 33.7 Å². The van der Waals surface area contributed by atoms with Crippen molar-refractivity contribution in [3.63, 3.8) is 0 Å². The van der Waals surface area contributed by atoms with Crippen LogP contribution in [0.1, 0.15) is 44.1 Å². The van der Waals surface area contributed by atoms with Gasteiger partial charge in [-0.2, -0.15) is 5.10 Å². The van der Waals surface area contributed by atoms with Gasteiger partial charge < -0.3 is 10.1 Å². The van der Waals surface area contributed by atoms with Crippen LogP contribution in [0.15, 0.2) is 30.6 Å². The van der Waals surface area contributed by atoms with Crippen molar-refractivity contribution in [2.24, 2.45) is 0 Å². The van der Waals surface area contributed by atoms with Gasteiger partial charge in [0.05, 0.1) is 33.8 Å². The molecule has 32 heavy (non-hydrogen) atoms. The molecule has 4 rings (SSSR count). The number of carbonyl (C=O) groups excluding carboxylic acids is 1. The van der Waals surface area contributed by atoms with Crippen molar-refractivity contribution in [1.29, 1.82) is 0 Å². The maximum Gasteiger partial charge on any atom is 0.253 e. The van der Waals surface area contributed by atoms with Gasteiger partial charge in [-0.05, 0) is 32.9 Å². The van der Waals surface area contributed by atoms with Gasteiger partial charge in [-0.15, -0.1) is 0 Å². The smallest absolute Gasteiger partial charge is 0.253 e. The van der Waals surface area contributed by atoms with E-state index in [2.05, 4.69) is 20.4 Å². The zero-order chi connectivity index (χ0) is 23.3. The Hall–Kier alpha value is -3.08. The predicted octanol–water partition coefficient (Wildman–Crippen LogP) is 2.69. The maximum atomic E-state index is 13.2. The highest BCUT2D eigenvalue weighted by Gasteiger charge is 2.45. The van der Waals surface area contributed by atoms with Crippen LogP contribution in [-0.4, -0.2) is 57.5 Å². The minimum atomic E-state index is -3.09. The fourth-order valence-corrected chi connectivity index (χ4v) is 5.86. The van der Waals surface area contributed by atoms with Crippen molar-refractivity contribution >= 4 is 26.8 Å². The molecule has 4 heterocycles. The first kappa shape index (κ1) is 22.1. The molecule has 3 aromatic rings. The number of aromatic nitrogens is 4. The van der Waals surface area contributed by atoms with E-state index in [1.54, 1.807) is 29.8 Å². The summed E-state index contributed by atoms with van der Waals surface area (Å²) in [6.45, 7) is 6.88. The second-order valence-corrected chi connectivity index (χ2v) is 10.6. The van der Waals surface area contributed by atoms with Gasteiger partial charge in [0.2, 0.25) is 6.36 Å². The number of sulfone groups is 1. The van der Waals surface area contributed by atoms with E-state index >= 15 is 0 Å². The van der Waals surface area contributed by atoms with Crippen LogP contribution < -0.4 is 10.1 Å². The van der Waals surface area contributed by atoms with E-state index in [1.807, 2.05) is 13.8 Å². The fraction of sp³-hybridized carbons (Fsp3) is 0.429. The number of nitrogens with one attached hydrogen (secondary N) is 1. The lowest BCUT2D eigenvalue weighted by Crippen LogP contribution is -2.63. The van der Waals surface area contributed by atoms with Crippen LogP contribution in [0.3, 0.4) is 0 Å². The Morgan fingerprint density at radius 2 is 1.97 bits per heavy atom. The number of hydrogen-bond donors (Lipinski definition) is 1. The molecule has 9 nitrogen and oxygen atoms in total. The Labute approximate surface area is 184 Å². The monoisotopic (exact) mass is 461 g/mol. The first-order valence-electron chi connectivity index (χ1n) is 10.1. The SMILES string of the molecule is CC(F)Oc1ccnc(-c2nn(C(C)C)c3cc(C(=O)NC4(C)CS(=O)(=O)C4)cnc23)c1. The highest BCUT2D eigenvalue weighted by atomic mass is 32.2. The van der Waals surface area contributed by atoms with Crippen molar-refractivity contribution < 1.29 is 22.3 Å². The van der Waals surface area contributed by atoms with Crippen LogP contribution in [0.5, 0.6) is 5.75 Å². The maximum absolute atomic E-state index is 13.2. The average molecular weight is 462 g/mol. The van der Waals surface area contributed by atoms with Crippen molar-refractivity contribution in [1.82, 2.24) is 25.1 Å². The first-order chi connectivity index (χ1) is 15.0. The summed E-state index contributed by atoms with van der Waals surface area (Å²) in [7, 11) is -3.09. The molecule has 1 N–H and O–H groups in total. The lowest BCUT2D eigenvalue weighted by molar-refractivity contribution is 0.0859. The third kappa shape index (κ3) is 4.29.